The predicted octanol–water partition coefficient (Wildman–Crippen LogP) is 2.58. The second-order valence-electron chi connectivity index (χ2n) is 3.63. The summed E-state index contributed by atoms with van der Waals surface area (Å²) >= 11 is 0. The van der Waals surface area contributed by atoms with Crippen molar-refractivity contribution in [1.29, 1.82) is 0 Å². The van der Waals surface area contributed by atoms with Gasteiger partial charge in [0.05, 0.1) is 0 Å². The fourth-order valence-electron chi connectivity index (χ4n) is 1.33. The molecule has 0 spiro atoms. The number of rotatable bonds is 4. The molecule has 0 saturated carbocycles. The maximum Gasteiger partial charge on any atom is 0.331 e. The van der Waals surface area contributed by atoms with E-state index in [1.54, 1.807) is 6.08 Å². The molecule has 1 aliphatic rings. The average Bonchev–Trinajstić information content (AvgIpc) is 2.76. The summed E-state index contributed by atoms with van der Waals surface area (Å²) in [5.41, 5.74) is 0.529. The highest BCUT2D eigenvalue weighted by molar-refractivity contribution is 5.86. The average molecular weight is 213 g/mol. The maximum atomic E-state index is 10.4. The zero-order chi connectivity index (χ0) is 11.5. The van der Waals surface area contributed by atoms with Crippen molar-refractivity contribution in [2.45, 2.75) is 46.0 Å². The Bertz CT molecular complexity index is 188. The van der Waals surface area contributed by atoms with E-state index in [2.05, 4.69) is 5.32 Å². The number of unbranched alkanes of at least 4 members (excludes halogenated alkanes) is 1. The van der Waals surface area contributed by atoms with Gasteiger partial charge in [0.15, 0.2) is 0 Å². The Morgan fingerprint density at radius 3 is 2.20 bits per heavy atom. The van der Waals surface area contributed by atoms with Gasteiger partial charge in [-0.05, 0) is 38.8 Å². The zero-order valence-corrected chi connectivity index (χ0v) is 9.88. The van der Waals surface area contributed by atoms with Crippen molar-refractivity contribution in [3.05, 3.63) is 11.6 Å². The topological polar surface area (TPSA) is 49.3 Å². The van der Waals surface area contributed by atoms with Crippen LogP contribution in [-0.2, 0) is 4.79 Å². The molecule has 1 heterocycles. The smallest absolute Gasteiger partial charge is 0.331 e. The van der Waals surface area contributed by atoms with E-state index in [4.69, 9.17) is 5.11 Å². The van der Waals surface area contributed by atoms with Crippen LogP contribution >= 0.6 is 0 Å². The normalized spacial score (nSPS) is 15.7. The molecule has 0 radical (unpaired) electrons. The third-order valence-corrected chi connectivity index (χ3v) is 2.29. The van der Waals surface area contributed by atoms with E-state index in [1.165, 1.54) is 25.9 Å². The molecule has 0 bridgehead atoms. The SMILES string of the molecule is C1CCNC1.CCC/C=C(\CC)C(=O)O. The minimum Gasteiger partial charge on any atom is -0.478 e. The number of carbonyl (C=O) groups is 1. The van der Waals surface area contributed by atoms with Gasteiger partial charge in [-0.3, -0.25) is 0 Å². The van der Waals surface area contributed by atoms with E-state index < -0.39 is 5.97 Å². The summed E-state index contributed by atoms with van der Waals surface area (Å²) in [7, 11) is 0. The number of nitrogens with one attached hydrogen (secondary N) is 1. The number of hydrogen-bond donors (Lipinski definition) is 2. The second-order valence-corrected chi connectivity index (χ2v) is 3.63. The lowest BCUT2D eigenvalue weighted by Crippen LogP contribution is -2.03. The summed E-state index contributed by atoms with van der Waals surface area (Å²) in [6.45, 7) is 6.39. The van der Waals surface area contributed by atoms with Gasteiger partial charge in [-0.1, -0.05) is 26.3 Å². The standard InChI is InChI=1S/C8H14O2.C4H9N/c1-3-5-6-7(4-2)8(9)10;1-2-4-5-3-1/h6H,3-5H2,1-2H3,(H,9,10);5H,1-4H2/b7-6+;. The van der Waals surface area contributed by atoms with Crippen LogP contribution in [0.4, 0.5) is 0 Å². The molecule has 0 unspecified atom stereocenters. The highest BCUT2D eigenvalue weighted by Gasteiger charge is 2.01. The fraction of sp³-hybridized carbons (Fsp3) is 0.750. The number of aliphatic carboxylic acids is 1. The van der Waals surface area contributed by atoms with Gasteiger partial charge in [-0.15, -0.1) is 0 Å². The zero-order valence-electron chi connectivity index (χ0n) is 9.88. The number of hydrogen-bond acceptors (Lipinski definition) is 2. The lowest BCUT2D eigenvalue weighted by atomic mass is 10.1. The molecule has 88 valence electrons. The van der Waals surface area contributed by atoms with Gasteiger partial charge in [-0.2, -0.15) is 0 Å². The first-order chi connectivity index (χ1) is 7.22. The van der Waals surface area contributed by atoms with E-state index in [1.807, 2.05) is 13.8 Å². The molecule has 1 rings (SSSR count). The summed E-state index contributed by atoms with van der Waals surface area (Å²) < 4.78 is 0. The van der Waals surface area contributed by atoms with E-state index in [-0.39, 0.29) is 0 Å². The Labute approximate surface area is 92.6 Å². The molecule has 0 aromatic heterocycles. The van der Waals surface area contributed by atoms with E-state index in [0.29, 0.717) is 12.0 Å². The van der Waals surface area contributed by atoms with Gasteiger partial charge < -0.3 is 10.4 Å². The van der Waals surface area contributed by atoms with Gasteiger partial charge in [0.1, 0.15) is 0 Å². The molecule has 15 heavy (non-hydrogen) atoms. The van der Waals surface area contributed by atoms with E-state index in [9.17, 15) is 4.79 Å². The van der Waals surface area contributed by atoms with Crippen LogP contribution in [0.3, 0.4) is 0 Å². The third kappa shape index (κ3) is 8.18. The van der Waals surface area contributed by atoms with Crippen LogP contribution in [0.15, 0.2) is 11.6 Å². The van der Waals surface area contributed by atoms with Crippen molar-refractivity contribution in [3.8, 4) is 0 Å². The predicted molar refractivity (Wildman–Crippen MR) is 63.0 cm³/mol. The van der Waals surface area contributed by atoms with E-state index >= 15 is 0 Å². The Hall–Kier alpha value is -0.830. The van der Waals surface area contributed by atoms with Crippen molar-refractivity contribution >= 4 is 5.97 Å². The lowest BCUT2D eigenvalue weighted by molar-refractivity contribution is -0.132. The molecule has 2 N–H and O–H groups in total. The second kappa shape index (κ2) is 9.71. The molecular formula is C12H23NO2. The first-order valence-electron chi connectivity index (χ1n) is 5.85. The van der Waals surface area contributed by atoms with Crippen molar-refractivity contribution < 1.29 is 9.90 Å². The largest absolute Gasteiger partial charge is 0.478 e. The van der Waals surface area contributed by atoms with Crippen molar-refractivity contribution in [1.82, 2.24) is 5.32 Å². The molecule has 0 amide bonds. The molecule has 1 aliphatic heterocycles. The Kier molecular flexibility index (Phi) is 9.18. The van der Waals surface area contributed by atoms with Crippen LogP contribution in [0.2, 0.25) is 0 Å². The molecule has 0 aromatic rings. The molecule has 1 saturated heterocycles. The lowest BCUT2D eigenvalue weighted by Gasteiger charge is -1.94. The Balaban J connectivity index is 0.000000322. The summed E-state index contributed by atoms with van der Waals surface area (Å²) in [6.07, 6.45) is 7.07. The monoisotopic (exact) mass is 213 g/mol. The minimum absolute atomic E-state index is 0.529. The first kappa shape index (κ1) is 14.2. The molecule has 3 nitrogen and oxygen atoms in total. The summed E-state index contributed by atoms with van der Waals surface area (Å²) in [4.78, 5) is 10.4. The van der Waals surface area contributed by atoms with Gasteiger partial charge >= 0.3 is 5.97 Å². The van der Waals surface area contributed by atoms with E-state index in [0.717, 1.165) is 12.8 Å². The van der Waals surface area contributed by atoms with Crippen LogP contribution < -0.4 is 5.32 Å². The quantitative estimate of drug-likeness (QED) is 0.706. The first-order valence-corrected chi connectivity index (χ1v) is 5.85. The highest BCUT2D eigenvalue weighted by atomic mass is 16.4. The number of carboxylic acid groups (broad SMARTS) is 1. The van der Waals surface area contributed by atoms with Crippen molar-refractivity contribution in [3.63, 3.8) is 0 Å². The van der Waals surface area contributed by atoms with Crippen LogP contribution in [0, 0.1) is 0 Å². The Morgan fingerprint density at radius 1 is 1.33 bits per heavy atom. The van der Waals surface area contributed by atoms with Crippen LogP contribution in [0.5, 0.6) is 0 Å². The van der Waals surface area contributed by atoms with Gasteiger partial charge in [0.25, 0.3) is 0 Å². The van der Waals surface area contributed by atoms with Gasteiger partial charge in [-0.25, -0.2) is 4.79 Å². The molecule has 0 atom stereocenters. The minimum atomic E-state index is -0.782. The maximum absolute atomic E-state index is 10.4. The third-order valence-electron chi connectivity index (χ3n) is 2.29. The molecule has 0 aromatic carbocycles. The van der Waals surface area contributed by atoms with Gasteiger partial charge in [0, 0.05) is 5.57 Å². The number of carboxylic acids is 1. The molecular weight excluding hydrogens is 190 g/mol. The van der Waals surface area contributed by atoms with Crippen LogP contribution in [0.25, 0.3) is 0 Å². The highest BCUT2D eigenvalue weighted by Crippen LogP contribution is 2.03. The molecule has 3 heteroatoms. The molecule has 0 aliphatic carbocycles. The summed E-state index contributed by atoms with van der Waals surface area (Å²) in [6, 6.07) is 0. The molecule has 1 fully saturated rings. The Morgan fingerprint density at radius 2 is 1.93 bits per heavy atom. The van der Waals surface area contributed by atoms with Gasteiger partial charge in [0.2, 0.25) is 0 Å². The summed E-state index contributed by atoms with van der Waals surface area (Å²) in [5.74, 6) is -0.782. The fourth-order valence-corrected chi connectivity index (χ4v) is 1.33. The van der Waals surface area contributed by atoms with Crippen molar-refractivity contribution in [2.24, 2.45) is 0 Å². The van der Waals surface area contributed by atoms with Crippen LogP contribution in [-0.4, -0.2) is 24.2 Å². The number of allylic oxidation sites excluding steroid dienone is 1. The summed E-state index contributed by atoms with van der Waals surface area (Å²) in [5, 5.41) is 11.8. The van der Waals surface area contributed by atoms with Crippen molar-refractivity contribution in [2.75, 3.05) is 13.1 Å². The van der Waals surface area contributed by atoms with Crippen LogP contribution in [0.1, 0.15) is 46.0 Å².